The minimum Gasteiger partial charge on any atom is -0.398 e. The summed E-state index contributed by atoms with van der Waals surface area (Å²) in [4.78, 5) is 21.6. The van der Waals surface area contributed by atoms with E-state index >= 15 is 0 Å². The lowest BCUT2D eigenvalue weighted by Gasteiger charge is -2.11. The van der Waals surface area contributed by atoms with Gasteiger partial charge in [-0.15, -0.1) is 11.3 Å². The zero-order valence-electron chi connectivity index (χ0n) is 13.8. The highest BCUT2D eigenvalue weighted by Crippen LogP contribution is 2.30. The maximum absolute atomic E-state index is 12.5. The van der Waals surface area contributed by atoms with Crippen molar-refractivity contribution >= 4 is 39.8 Å². The van der Waals surface area contributed by atoms with E-state index in [1.165, 1.54) is 23.1 Å². The first kappa shape index (κ1) is 18.4. The van der Waals surface area contributed by atoms with Gasteiger partial charge in [0.2, 0.25) is 0 Å². The molecule has 0 spiro atoms. The van der Waals surface area contributed by atoms with Crippen LogP contribution in [0.1, 0.15) is 29.2 Å². The molecule has 3 rings (SSSR count). The molecule has 1 aromatic carbocycles. The molecule has 2 aromatic heterocycles. The Morgan fingerprint density at radius 3 is 3.00 bits per heavy atom. The van der Waals surface area contributed by atoms with E-state index in [1.807, 2.05) is 0 Å². The first-order valence-corrected chi connectivity index (χ1v) is 9.32. The molecule has 136 valence electrons. The number of carbonyl (C=O) groups is 1. The smallest absolute Gasteiger partial charge is 0.259 e. The van der Waals surface area contributed by atoms with Crippen LogP contribution in [0.5, 0.6) is 0 Å². The summed E-state index contributed by atoms with van der Waals surface area (Å²) >= 11 is 2.54. The van der Waals surface area contributed by atoms with Crippen LogP contribution in [-0.2, 0) is 6.61 Å². The molecular formula is C16H17N5O3S2. The van der Waals surface area contributed by atoms with Crippen molar-refractivity contribution in [2.45, 2.75) is 29.8 Å². The van der Waals surface area contributed by atoms with Gasteiger partial charge in [0.25, 0.3) is 5.91 Å². The Morgan fingerprint density at radius 2 is 2.31 bits per heavy atom. The number of hydrogen-bond acceptors (Lipinski definition) is 8. The van der Waals surface area contributed by atoms with Gasteiger partial charge in [-0.3, -0.25) is 14.7 Å². The van der Waals surface area contributed by atoms with E-state index in [4.69, 9.17) is 10.8 Å². The minimum absolute atomic E-state index is 0.184. The monoisotopic (exact) mass is 391 g/mol. The first-order valence-electron chi connectivity index (χ1n) is 7.63. The molecule has 2 heterocycles. The van der Waals surface area contributed by atoms with Crippen molar-refractivity contribution in [3.63, 3.8) is 0 Å². The standard InChI is InChI=1S/C16H17N5O3S2/c1-9(23)21-5-4-18-16(21)26-11-2-3-13(17)12(6-11)14(24)20-15-19-10(7-22)8-25-15/h2-6,8-9,22-23H,7,17H2,1H3,(H,19,20,24). The number of nitrogens with one attached hydrogen (secondary N) is 1. The van der Waals surface area contributed by atoms with E-state index in [-0.39, 0.29) is 12.5 Å². The van der Waals surface area contributed by atoms with E-state index in [2.05, 4.69) is 15.3 Å². The molecule has 0 aliphatic rings. The quantitative estimate of drug-likeness (QED) is 0.475. The van der Waals surface area contributed by atoms with Crippen molar-refractivity contribution in [2.24, 2.45) is 0 Å². The molecular weight excluding hydrogens is 374 g/mol. The Balaban J connectivity index is 1.80. The van der Waals surface area contributed by atoms with Gasteiger partial charge in [-0.2, -0.15) is 0 Å². The van der Waals surface area contributed by atoms with Gasteiger partial charge in [-0.1, -0.05) is 11.8 Å². The number of aliphatic hydroxyl groups excluding tert-OH is 2. The van der Waals surface area contributed by atoms with Crippen LogP contribution >= 0.6 is 23.1 Å². The van der Waals surface area contributed by atoms with Crippen LogP contribution < -0.4 is 11.1 Å². The Hall–Kier alpha value is -2.40. The fraction of sp³-hybridized carbons (Fsp3) is 0.188. The van der Waals surface area contributed by atoms with E-state index in [0.29, 0.717) is 27.2 Å². The van der Waals surface area contributed by atoms with Crippen molar-refractivity contribution in [3.05, 3.63) is 47.2 Å². The summed E-state index contributed by atoms with van der Waals surface area (Å²) in [5.41, 5.74) is 7.08. The second-order valence-electron chi connectivity index (χ2n) is 5.36. The predicted octanol–water partition coefficient (Wildman–Crippen LogP) is 2.33. The molecule has 0 aliphatic carbocycles. The molecule has 0 saturated carbocycles. The van der Waals surface area contributed by atoms with Gasteiger partial charge < -0.3 is 15.9 Å². The summed E-state index contributed by atoms with van der Waals surface area (Å²) in [5.74, 6) is -0.386. The highest BCUT2D eigenvalue weighted by atomic mass is 32.2. The number of aromatic nitrogens is 3. The third-order valence-corrected chi connectivity index (χ3v) is 5.24. The molecule has 0 radical (unpaired) electrons. The van der Waals surface area contributed by atoms with Crippen LogP contribution in [0.15, 0.2) is 46.0 Å². The minimum atomic E-state index is -0.706. The molecule has 0 saturated heterocycles. The van der Waals surface area contributed by atoms with Gasteiger partial charge in [-0.25, -0.2) is 9.97 Å². The van der Waals surface area contributed by atoms with E-state index in [9.17, 15) is 9.90 Å². The lowest BCUT2D eigenvalue weighted by Crippen LogP contribution is -2.14. The summed E-state index contributed by atoms with van der Waals surface area (Å²) in [7, 11) is 0. The molecule has 1 amide bonds. The number of carbonyl (C=O) groups excluding carboxylic acids is 1. The summed E-state index contributed by atoms with van der Waals surface area (Å²) in [6.45, 7) is 1.46. The molecule has 26 heavy (non-hydrogen) atoms. The number of nitrogen functional groups attached to an aromatic ring is 1. The van der Waals surface area contributed by atoms with Crippen molar-refractivity contribution in [1.82, 2.24) is 14.5 Å². The van der Waals surface area contributed by atoms with E-state index in [0.717, 1.165) is 4.90 Å². The van der Waals surface area contributed by atoms with Gasteiger partial charge in [0.15, 0.2) is 10.3 Å². The van der Waals surface area contributed by atoms with Crippen molar-refractivity contribution in [2.75, 3.05) is 11.1 Å². The SMILES string of the molecule is CC(O)n1ccnc1Sc1ccc(N)c(C(=O)Nc2nc(CO)cs2)c1. The Kier molecular flexibility index (Phi) is 5.57. The Bertz CT molecular complexity index is 922. The number of nitrogens with zero attached hydrogens (tertiary/aromatic N) is 3. The van der Waals surface area contributed by atoms with Crippen LogP contribution in [0.3, 0.4) is 0 Å². The normalized spacial score (nSPS) is 12.1. The number of thiazole rings is 1. The van der Waals surface area contributed by atoms with Gasteiger partial charge in [0.05, 0.1) is 17.9 Å². The van der Waals surface area contributed by atoms with Gasteiger partial charge >= 0.3 is 0 Å². The molecule has 0 fully saturated rings. The number of aliphatic hydroxyl groups is 2. The summed E-state index contributed by atoms with van der Waals surface area (Å²) in [5, 5.41) is 24.1. The fourth-order valence-corrected chi connectivity index (χ4v) is 3.82. The Morgan fingerprint density at radius 1 is 1.50 bits per heavy atom. The number of amides is 1. The molecule has 3 aromatic rings. The number of hydrogen-bond donors (Lipinski definition) is 4. The average Bonchev–Trinajstić information content (AvgIpc) is 3.25. The number of nitrogens with two attached hydrogens (primary N) is 1. The second-order valence-corrected chi connectivity index (χ2v) is 7.26. The average molecular weight is 391 g/mol. The third kappa shape index (κ3) is 4.05. The van der Waals surface area contributed by atoms with E-state index < -0.39 is 6.23 Å². The Labute approximate surface area is 157 Å². The number of benzene rings is 1. The molecule has 1 unspecified atom stereocenters. The van der Waals surface area contributed by atoms with Crippen LogP contribution in [0.25, 0.3) is 0 Å². The number of anilines is 2. The molecule has 0 bridgehead atoms. The lowest BCUT2D eigenvalue weighted by atomic mass is 10.1. The second kappa shape index (κ2) is 7.87. The molecule has 0 aliphatic heterocycles. The summed E-state index contributed by atoms with van der Waals surface area (Å²) in [6, 6.07) is 5.09. The van der Waals surface area contributed by atoms with Crippen LogP contribution in [0, 0.1) is 0 Å². The topological polar surface area (TPSA) is 126 Å². The van der Waals surface area contributed by atoms with Crippen LogP contribution in [-0.4, -0.2) is 30.7 Å². The fourth-order valence-electron chi connectivity index (χ4n) is 2.17. The highest BCUT2D eigenvalue weighted by molar-refractivity contribution is 7.99. The third-order valence-electron chi connectivity index (χ3n) is 3.45. The molecule has 10 heteroatoms. The van der Waals surface area contributed by atoms with Crippen LogP contribution in [0.2, 0.25) is 0 Å². The molecule has 8 nitrogen and oxygen atoms in total. The summed E-state index contributed by atoms with van der Waals surface area (Å²) in [6.07, 6.45) is 2.57. The largest absolute Gasteiger partial charge is 0.398 e. The number of rotatable bonds is 6. The van der Waals surface area contributed by atoms with Crippen LogP contribution in [0.4, 0.5) is 10.8 Å². The van der Waals surface area contributed by atoms with Crippen molar-refractivity contribution in [3.8, 4) is 0 Å². The summed E-state index contributed by atoms with van der Waals surface area (Å²) < 4.78 is 1.62. The first-order chi connectivity index (χ1) is 12.5. The van der Waals surface area contributed by atoms with E-state index in [1.54, 1.807) is 47.5 Å². The zero-order chi connectivity index (χ0) is 18.7. The van der Waals surface area contributed by atoms with Gasteiger partial charge in [-0.05, 0) is 25.1 Å². The predicted molar refractivity (Wildman–Crippen MR) is 100 cm³/mol. The maximum atomic E-state index is 12.5. The van der Waals surface area contributed by atoms with Crippen molar-refractivity contribution in [1.29, 1.82) is 0 Å². The zero-order valence-corrected chi connectivity index (χ0v) is 15.4. The van der Waals surface area contributed by atoms with Gasteiger partial charge in [0, 0.05) is 28.4 Å². The maximum Gasteiger partial charge on any atom is 0.259 e. The number of imidazole rings is 1. The molecule has 1 atom stereocenters. The molecule has 5 N–H and O–H groups in total. The lowest BCUT2D eigenvalue weighted by molar-refractivity contribution is 0.102. The van der Waals surface area contributed by atoms with Gasteiger partial charge in [0.1, 0.15) is 6.23 Å². The highest BCUT2D eigenvalue weighted by Gasteiger charge is 2.15. The van der Waals surface area contributed by atoms with Crippen molar-refractivity contribution < 1.29 is 15.0 Å².